The highest BCUT2D eigenvalue weighted by Crippen LogP contribution is 2.20. The number of amides is 1. The number of nitrogens with one attached hydrogen (secondary N) is 2. The molecule has 3 heterocycles. The molecule has 25 heavy (non-hydrogen) atoms. The van der Waals surface area contributed by atoms with Crippen molar-refractivity contribution in [3.63, 3.8) is 0 Å². The SMILES string of the molecule is C[C@@H](C(=O)N1CCCC1)[NH+]1CC[NH+](Cc2nc3ccccc3s2)CC1. The predicted octanol–water partition coefficient (Wildman–Crippen LogP) is -0.409. The maximum atomic E-state index is 12.6. The van der Waals surface area contributed by atoms with E-state index in [9.17, 15) is 4.79 Å². The quantitative estimate of drug-likeness (QED) is 0.779. The maximum absolute atomic E-state index is 12.6. The number of likely N-dealkylation sites (tertiary alicyclic amines) is 1. The first-order valence-electron chi connectivity index (χ1n) is 9.52. The summed E-state index contributed by atoms with van der Waals surface area (Å²) in [4.78, 5) is 22.5. The largest absolute Gasteiger partial charge is 0.338 e. The minimum absolute atomic E-state index is 0.113. The number of para-hydroxylation sites is 1. The number of quaternary nitrogens is 2. The zero-order valence-electron chi connectivity index (χ0n) is 15.0. The minimum atomic E-state index is 0.113. The summed E-state index contributed by atoms with van der Waals surface area (Å²) in [5.41, 5.74) is 1.12. The van der Waals surface area contributed by atoms with Crippen molar-refractivity contribution in [3.05, 3.63) is 29.3 Å². The van der Waals surface area contributed by atoms with E-state index in [1.165, 1.54) is 27.4 Å². The van der Waals surface area contributed by atoms with E-state index in [0.29, 0.717) is 5.91 Å². The number of carbonyl (C=O) groups is 1. The van der Waals surface area contributed by atoms with Crippen LogP contribution in [0.4, 0.5) is 0 Å². The van der Waals surface area contributed by atoms with Crippen molar-refractivity contribution in [1.82, 2.24) is 9.88 Å². The van der Waals surface area contributed by atoms with Crippen LogP contribution in [0.15, 0.2) is 24.3 Å². The highest BCUT2D eigenvalue weighted by molar-refractivity contribution is 7.18. The molecule has 2 fully saturated rings. The molecule has 5 nitrogen and oxygen atoms in total. The number of rotatable bonds is 4. The Kier molecular flexibility index (Phi) is 5.01. The number of aromatic nitrogens is 1. The molecule has 0 unspecified atom stereocenters. The molecule has 2 saturated heterocycles. The van der Waals surface area contributed by atoms with Crippen LogP contribution in [-0.2, 0) is 11.3 Å². The van der Waals surface area contributed by atoms with E-state index in [-0.39, 0.29) is 6.04 Å². The summed E-state index contributed by atoms with van der Waals surface area (Å²) in [6.45, 7) is 9.49. The molecule has 0 spiro atoms. The third kappa shape index (κ3) is 3.71. The molecule has 2 aliphatic rings. The number of benzene rings is 1. The van der Waals surface area contributed by atoms with E-state index >= 15 is 0 Å². The number of carbonyl (C=O) groups excluding carboxylic acids is 1. The molecular weight excluding hydrogens is 332 g/mol. The maximum Gasteiger partial charge on any atom is 0.280 e. The second-order valence-electron chi connectivity index (χ2n) is 7.41. The smallest absolute Gasteiger partial charge is 0.280 e. The van der Waals surface area contributed by atoms with Crippen molar-refractivity contribution < 1.29 is 14.6 Å². The molecule has 0 aliphatic carbocycles. The molecule has 2 aromatic rings. The molecule has 2 aliphatic heterocycles. The molecule has 6 heteroatoms. The molecule has 0 radical (unpaired) electrons. The fourth-order valence-corrected chi connectivity index (χ4v) is 5.17. The number of piperazine rings is 1. The molecule has 0 bridgehead atoms. The van der Waals surface area contributed by atoms with Gasteiger partial charge in [0.2, 0.25) is 0 Å². The first kappa shape index (κ1) is 16.9. The molecule has 1 aromatic heterocycles. The van der Waals surface area contributed by atoms with Crippen molar-refractivity contribution in [2.45, 2.75) is 32.4 Å². The van der Waals surface area contributed by atoms with Crippen molar-refractivity contribution in [3.8, 4) is 0 Å². The number of fused-ring (bicyclic) bond motifs is 1. The van der Waals surface area contributed by atoms with Gasteiger partial charge in [0.25, 0.3) is 5.91 Å². The monoisotopic (exact) mass is 360 g/mol. The Balaban J connectivity index is 1.31. The topological polar surface area (TPSA) is 42.1 Å². The zero-order chi connectivity index (χ0) is 17.2. The van der Waals surface area contributed by atoms with E-state index in [4.69, 9.17) is 4.98 Å². The standard InChI is InChI=1S/C19H26N4OS/c1-15(19(24)23-8-4-5-9-23)22-12-10-21(11-13-22)14-18-20-16-6-2-3-7-17(16)25-18/h2-3,6-7,15H,4-5,8-14H2,1H3/p+2/t15-/m0/s1. The summed E-state index contributed by atoms with van der Waals surface area (Å²) in [6, 6.07) is 8.50. The second kappa shape index (κ2) is 7.40. The Morgan fingerprint density at radius 1 is 1.20 bits per heavy atom. The van der Waals surface area contributed by atoms with E-state index in [1.807, 2.05) is 11.3 Å². The van der Waals surface area contributed by atoms with Crippen molar-refractivity contribution in [1.29, 1.82) is 0 Å². The predicted molar refractivity (Wildman–Crippen MR) is 100.0 cm³/mol. The van der Waals surface area contributed by atoms with Gasteiger partial charge in [0.1, 0.15) is 37.7 Å². The summed E-state index contributed by atoms with van der Waals surface area (Å²) < 4.78 is 1.28. The van der Waals surface area contributed by atoms with Crippen molar-refractivity contribution in [2.24, 2.45) is 0 Å². The lowest BCUT2D eigenvalue weighted by Crippen LogP contribution is -3.29. The van der Waals surface area contributed by atoms with Gasteiger partial charge >= 0.3 is 0 Å². The Hall–Kier alpha value is -1.50. The Morgan fingerprint density at radius 3 is 2.64 bits per heavy atom. The zero-order valence-corrected chi connectivity index (χ0v) is 15.8. The average Bonchev–Trinajstić information content (AvgIpc) is 3.30. The van der Waals surface area contributed by atoms with Crippen LogP contribution in [0.2, 0.25) is 0 Å². The first-order chi connectivity index (χ1) is 12.2. The van der Waals surface area contributed by atoms with Crippen LogP contribution in [0, 0.1) is 0 Å². The fourth-order valence-electron chi connectivity index (χ4n) is 4.13. The van der Waals surface area contributed by atoms with Crippen LogP contribution in [0.5, 0.6) is 0 Å². The molecule has 2 N–H and O–H groups in total. The summed E-state index contributed by atoms with van der Waals surface area (Å²) in [5.74, 6) is 0.363. The Bertz CT molecular complexity index is 699. The normalized spacial score (nSPS) is 25.4. The number of thiazole rings is 1. The van der Waals surface area contributed by atoms with Gasteiger partial charge in [-0.05, 0) is 31.9 Å². The van der Waals surface area contributed by atoms with Crippen molar-refractivity contribution >= 4 is 27.5 Å². The third-order valence-corrected chi connectivity index (χ3v) is 6.78. The number of hydrogen-bond donors (Lipinski definition) is 2. The summed E-state index contributed by atoms with van der Waals surface area (Å²) >= 11 is 1.82. The molecular formula is C19H28N4OS+2. The Morgan fingerprint density at radius 2 is 1.92 bits per heavy atom. The van der Waals surface area contributed by atoms with Gasteiger partial charge in [0.05, 0.1) is 10.2 Å². The summed E-state index contributed by atoms with van der Waals surface area (Å²) in [7, 11) is 0. The number of hydrogen-bond acceptors (Lipinski definition) is 3. The van der Waals surface area contributed by atoms with Gasteiger partial charge in [-0.25, -0.2) is 4.98 Å². The molecule has 134 valence electrons. The van der Waals surface area contributed by atoms with Gasteiger partial charge in [0, 0.05) is 13.1 Å². The molecule has 1 amide bonds. The summed E-state index contributed by atoms with van der Waals surface area (Å²) in [6.07, 6.45) is 2.35. The van der Waals surface area contributed by atoms with Gasteiger partial charge in [-0.3, -0.25) is 4.79 Å². The fraction of sp³-hybridized carbons (Fsp3) is 0.579. The van der Waals surface area contributed by atoms with Crippen LogP contribution in [0.1, 0.15) is 24.8 Å². The van der Waals surface area contributed by atoms with Gasteiger partial charge in [-0.2, -0.15) is 0 Å². The molecule has 4 rings (SSSR count). The van der Waals surface area contributed by atoms with Crippen LogP contribution in [0.25, 0.3) is 10.2 Å². The van der Waals surface area contributed by atoms with E-state index in [0.717, 1.165) is 51.3 Å². The van der Waals surface area contributed by atoms with E-state index in [1.54, 1.807) is 4.90 Å². The van der Waals surface area contributed by atoms with E-state index in [2.05, 4.69) is 36.1 Å². The molecule has 1 atom stereocenters. The van der Waals surface area contributed by atoms with Crippen LogP contribution >= 0.6 is 11.3 Å². The number of nitrogens with zero attached hydrogens (tertiary/aromatic N) is 2. The summed E-state index contributed by atoms with van der Waals surface area (Å²) in [5, 5.41) is 1.24. The lowest BCUT2D eigenvalue weighted by Gasteiger charge is -2.33. The van der Waals surface area contributed by atoms with Gasteiger partial charge in [-0.15, -0.1) is 11.3 Å². The first-order valence-corrected chi connectivity index (χ1v) is 10.3. The third-order valence-electron chi connectivity index (χ3n) is 5.74. The lowest BCUT2D eigenvalue weighted by molar-refractivity contribution is -1.02. The van der Waals surface area contributed by atoms with Crippen LogP contribution in [0.3, 0.4) is 0 Å². The second-order valence-corrected chi connectivity index (χ2v) is 8.53. The van der Waals surface area contributed by atoms with Gasteiger partial charge in [0.15, 0.2) is 6.04 Å². The molecule has 1 aromatic carbocycles. The minimum Gasteiger partial charge on any atom is -0.338 e. The van der Waals surface area contributed by atoms with Crippen molar-refractivity contribution in [2.75, 3.05) is 39.3 Å². The highest BCUT2D eigenvalue weighted by atomic mass is 32.1. The molecule has 0 saturated carbocycles. The average molecular weight is 361 g/mol. The lowest BCUT2D eigenvalue weighted by atomic mass is 10.2. The Labute approximate surface area is 153 Å². The van der Waals surface area contributed by atoms with Gasteiger partial charge < -0.3 is 14.7 Å². The van der Waals surface area contributed by atoms with Crippen LogP contribution < -0.4 is 9.80 Å². The van der Waals surface area contributed by atoms with E-state index < -0.39 is 0 Å². The van der Waals surface area contributed by atoms with Gasteiger partial charge in [-0.1, -0.05) is 12.1 Å². The van der Waals surface area contributed by atoms with Crippen LogP contribution in [-0.4, -0.2) is 61.1 Å². The highest BCUT2D eigenvalue weighted by Gasteiger charge is 2.34.